The van der Waals surface area contributed by atoms with E-state index in [2.05, 4.69) is 15.9 Å². The summed E-state index contributed by atoms with van der Waals surface area (Å²) in [4.78, 5) is -0.325. The molecular weight excluding hydrogens is 371 g/mol. The normalized spacial score (nSPS) is 12.9. The molecule has 1 rings (SSSR count). The van der Waals surface area contributed by atoms with Crippen LogP contribution in [0.25, 0.3) is 0 Å². The molecule has 0 aliphatic rings. The van der Waals surface area contributed by atoms with E-state index >= 15 is 0 Å². The Morgan fingerprint density at radius 1 is 1.24 bits per heavy atom. The quantitative estimate of drug-likeness (QED) is 0.665. The number of halogens is 4. The summed E-state index contributed by atoms with van der Waals surface area (Å²) in [5.74, 6) is 0. The predicted octanol–water partition coefficient (Wildman–Crippen LogP) is 3.89. The van der Waals surface area contributed by atoms with E-state index in [0.717, 1.165) is 18.6 Å². The number of sulfonamides is 1. The van der Waals surface area contributed by atoms with Crippen molar-refractivity contribution in [3.05, 3.63) is 29.8 Å². The maximum absolute atomic E-state index is 12.7. The van der Waals surface area contributed by atoms with Crippen LogP contribution >= 0.6 is 15.9 Å². The lowest BCUT2D eigenvalue weighted by Crippen LogP contribution is -2.33. The SMILES string of the molecule is CCCCN(CCBr)S(=O)(=O)c1cccc(C(F)(F)F)c1. The van der Waals surface area contributed by atoms with Crippen LogP contribution in [0.15, 0.2) is 29.2 Å². The maximum Gasteiger partial charge on any atom is 0.416 e. The van der Waals surface area contributed by atoms with Crippen molar-refractivity contribution < 1.29 is 21.6 Å². The molecule has 0 N–H and O–H groups in total. The Morgan fingerprint density at radius 3 is 2.43 bits per heavy atom. The van der Waals surface area contributed by atoms with Crippen molar-refractivity contribution in [1.29, 1.82) is 0 Å². The Balaban J connectivity index is 3.15. The van der Waals surface area contributed by atoms with Gasteiger partial charge in [0.1, 0.15) is 0 Å². The van der Waals surface area contributed by atoms with Crippen molar-refractivity contribution in [3.63, 3.8) is 0 Å². The van der Waals surface area contributed by atoms with Crippen LogP contribution in [0.4, 0.5) is 13.2 Å². The van der Waals surface area contributed by atoms with Gasteiger partial charge in [-0.25, -0.2) is 8.42 Å². The molecule has 0 saturated carbocycles. The standard InChI is InChI=1S/C13H17BrF3NO2S/c1-2-3-8-18(9-7-14)21(19,20)12-6-4-5-11(10-12)13(15,16)17/h4-6,10H,2-3,7-9H2,1H3. The molecule has 0 aliphatic carbocycles. The molecule has 0 amide bonds. The topological polar surface area (TPSA) is 37.4 Å². The van der Waals surface area contributed by atoms with Gasteiger partial charge >= 0.3 is 6.18 Å². The highest BCUT2D eigenvalue weighted by Gasteiger charge is 2.32. The first kappa shape index (κ1) is 18.4. The summed E-state index contributed by atoms with van der Waals surface area (Å²) in [5.41, 5.74) is -0.960. The summed E-state index contributed by atoms with van der Waals surface area (Å²) in [6.45, 7) is 2.43. The van der Waals surface area contributed by atoms with Gasteiger partial charge in [0.2, 0.25) is 10.0 Å². The first-order chi connectivity index (χ1) is 9.73. The molecule has 1 aromatic carbocycles. The zero-order valence-electron chi connectivity index (χ0n) is 11.5. The van der Waals surface area contributed by atoms with Gasteiger partial charge in [-0.1, -0.05) is 35.3 Å². The number of benzene rings is 1. The number of hydrogen-bond acceptors (Lipinski definition) is 2. The van der Waals surface area contributed by atoms with Crippen LogP contribution in [0.1, 0.15) is 25.3 Å². The fourth-order valence-electron chi connectivity index (χ4n) is 1.76. The molecular formula is C13H17BrF3NO2S. The van der Waals surface area contributed by atoms with Gasteiger partial charge in [0.15, 0.2) is 0 Å². The highest BCUT2D eigenvalue weighted by Crippen LogP contribution is 2.31. The van der Waals surface area contributed by atoms with Crippen LogP contribution in [-0.2, 0) is 16.2 Å². The van der Waals surface area contributed by atoms with Gasteiger partial charge in [-0.3, -0.25) is 0 Å². The summed E-state index contributed by atoms with van der Waals surface area (Å²) in [7, 11) is -3.91. The first-order valence-corrected chi connectivity index (χ1v) is 9.03. The predicted molar refractivity (Wildman–Crippen MR) is 78.9 cm³/mol. The lowest BCUT2D eigenvalue weighted by molar-refractivity contribution is -0.137. The van der Waals surface area contributed by atoms with Gasteiger partial charge in [0, 0.05) is 18.4 Å². The molecule has 120 valence electrons. The summed E-state index contributed by atoms with van der Waals surface area (Å²) in [6.07, 6.45) is -3.10. The zero-order valence-corrected chi connectivity index (χ0v) is 13.9. The van der Waals surface area contributed by atoms with Crippen LogP contribution < -0.4 is 0 Å². The number of unbranched alkanes of at least 4 members (excludes halogenated alkanes) is 1. The molecule has 8 heteroatoms. The van der Waals surface area contributed by atoms with E-state index < -0.39 is 21.8 Å². The number of nitrogens with zero attached hydrogens (tertiary/aromatic N) is 1. The number of alkyl halides is 4. The van der Waals surface area contributed by atoms with Crippen molar-refractivity contribution in [1.82, 2.24) is 4.31 Å². The molecule has 0 radical (unpaired) electrons. The minimum absolute atomic E-state index is 0.221. The minimum Gasteiger partial charge on any atom is -0.207 e. The van der Waals surface area contributed by atoms with E-state index in [1.54, 1.807) is 0 Å². The Morgan fingerprint density at radius 2 is 1.90 bits per heavy atom. The van der Waals surface area contributed by atoms with Crippen LogP contribution in [0.3, 0.4) is 0 Å². The molecule has 0 atom stereocenters. The zero-order chi connectivity index (χ0) is 16.1. The van der Waals surface area contributed by atoms with Crippen LogP contribution in [0.2, 0.25) is 0 Å². The third kappa shape index (κ3) is 4.96. The second-order valence-corrected chi connectivity index (χ2v) is 7.20. The second kappa shape index (κ2) is 7.60. The van der Waals surface area contributed by atoms with Crippen molar-refractivity contribution in [2.75, 3.05) is 18.4 Å². The van der Waals surface area contributed by atoms with Gasteiger partial charge in [-0.15, -0.1) is 0 Å². The Bertz CT molecular complexity index is 561. The van der Waals surface area contributed by atoms with Gasteiger partial charge in [0.25, 0.3) is 0 Å². The van der Waals surface area contributed by atoms with Crippen LogP contribution in [-0.4, -0.2) is 31.1 Å². The van der Waals surface area contributed by atoms with E-state index in [0.29, 0.717) is 24.4 Å². The highest BCUT2D eigenvalue weighted by molar-refractivity contribution is 9.09. The Kier molecular flexibility index (Phi) is 6.68. The average molecular weight is 388 g/mol. The summed E-state index contributed by atoms with van der Waals surface area (Å²) < 4.78 is 64.2. The average Bonchev–Trinajstić information content (AvgIpc) is 2.42. The molecule has 21 heavy (non-hydrogen) atoms. The number of rotatable bonds is 7. The molecule has 0 unspecified atom stereocenters. The molecule has 0 heterocycles. The highest BCUT2D eigenvalue weighted by atomic mass is 79.9. The molecule has 0 fully saturated rings. The molecule has 3 nitrogen and oxygen atoms in total. The summed E-state index contributed by atoms with van der Waals surface area (Å²) in [5, 5.41) is 0.426. The summed E-state index contributed by atoms with van der Waals surface area (Å²) in [6, 6.07) is 3.85. The van der Waals surface area contributed by atoms with Gasteiger partial charge in [0.05, 0.1) is 10.5 Å². The summed E-state index contributed by atoms with van der Waals surface area (Å²) >= 11 is 3.17. The molecule has 0 aromatic heterocycles. The fraction of sp³-hybridized carbons (Fsp3) is 0.538. The second-order valence-electron chi connectivity index (χ2n) is 4.47. The van der Waals surface area contributed by atoms with E-state index in [4.69, 9.17) is 0 Å². The lowest BCUT2D eigenvalue weighted by Gasteiger charge is -2.21. The molecule has 0 bridgehead atoms. The van der Waals surface area contributed by atoms with Crippen molar-refractivity contribution in [2.24, 2.45) is 0 Å². The van der Waals surface area contributed by atoms with Gasteiger partial charge in [-0.2, -0.15) is 17.5 Å². The first-order valence-electron chi connectivity index (χ1n) is 6.47. The van der Waals surface area contributed by atoms with Gasteiger partial charge < -0.3 is 0 Å². The van der Waals surface area contributed by atoms with Crippen LogP contribution in [0.5, 0.6) is 0 Å². The van der Waals surface area contributed by atoms with Crippen LogP contribution in [0, 0.1) is 0 Å². The van der Waals surface area contributed by atoms with E-state index in [1.165, 1.54) is 10.4 Å². The van der Waals surface area contributed by atoms with Crippen molar-refractivity contribution in [2.45, 2.75) is 30.8 Å². The fourth-order valence-corrected chi connectivity index (χ4v) is 3.95. The Hall–Kier alpha value is -0.600. The van der Waals surface area contributed by atoms with Crippen molar-refractivity contribution in [3.8, 4) is 0 Å². The lowest BCUT2D eigenvalue weighted by atomic mass is 10.2. The Labute approximate surface area is 131 Å². The number of hydrogen-bond donors (Lipinski definition) is 0. The molecule has 0 spiro atoms. The largest absolute Gasteiger partial charge is 0.416 e. The third-order valence-corrected chi connectivity index (χ3v) is 5.14. The molecule has 0 saturated heterocycles. The van der Waals surface area contributed by atoms with Crippen molar-refractivity contribution >= 4 is 26.0 Å². The monoisotopic (exact) mass is 387 g/mol. The minimum atomic E-state index is -4.56. The maximum atomic E-state index is 12.7. The third-order valence-electron chi connectivity index (χ3n) is 2.89. The van der Waals surface area contributed by atoms with E-state index in [1.807, 2.05) is 6.92 Å². The van der Waals surface area contributed by atoms with Gasteiger partial charge in [-0.05, 0) is 24.6 Å². The van der Waals surface area contributed by atoms with E-state index in [-0.39, 0.29) is 11.4 Å². The molecule has 0 aliphatic heterocycles. The smallest absolute Gasteiger partial charge is 0.207 e. The molecule has 1 aromatic rings. The van der Waals surface area contributed by atoms with E-state index in [9.17, 15) is 21.6 Å².